The van der Waals surface area contributed by atoms with Crippen LogP contribution in [0, 0.1) is 0 Å². The lowest BCUT2D eigenvalue weighted by Crippen LogP contribution is -2.41. The predicted octanol–water partition coefficient (Wildman–Crippen LogP) is 0.623. The number of nitrogens with zero attached hydrogens (tertiary/aromatic N) is 1. The van der Waals surface area contributed by atoms with Crippen molar-refractivity contribution in [3.05, 3.63) is 0 Å². The first kappa shape index (κ1) is 12.5. The van der Waals surface area contributed by atoms with E-state index in [1.165, 1.54) is 0 Å². The highest BCUT2D eigenvalue weighted by atomic mass is 16.5. The molecule has 88 valence electrons. The van der Waals surface area contributed by atoms with Gasteiger partial charge in [-0.05, 0) is 26.3 Å². The average Bonchev–Trinajstić information content (AvgIpc) is 2.73. The highest BCUT2D eigenvalue weighted by Gasteiger charge is 2.24. The van der Waals surface area contributed by atoms with Gasteiger partial charge in [0.1, 0.15) is 0 Å². The number of methoxy groups -OCH3 is 1. The molecule has 1 amide bonds. The van der Waals surface area contributed by atoms with Crippen molar-refractivity contribution in [1.82, 2.24) is 10.2 Å². The standard InChI is InChI=1S/C11H22N2O2/c1-3-13(10-6-7-12-9-10)11(14)5-4-8-15-2/h10,12H,3-9H2,1-2H3. The van der Waals surface area contributed by atoms with Crippen molar-refractivity contribution in [2.45, 2.75) is 32.2 Å². The number of likely N-dealkylation sites (N-methyl/N-ethyl adjacent to an activating group) is 1. The topological polar surface area (TPSA) is 41.6 Å². The summed E-state index contributed by atoms with van der Waals surface area (Å²) < 4.78 is 4.95. The van der Waals surface area contributed by atoms with Gasteiger partial charge in [-0.1, -0.05) is 0 Å². The monoisotopic (exact) mass is 214 g/mol. The van der Waals surface area contributed by atoms with Crippen LogP contribution in [0.15, 0.2) is 0 Å². The summed E-state index contributed by atoms with van der Waals surface area (Å²) in [6.07, 6.45) is 2.52. The summed E-state index contributed by atoms with van der Waals surface area (Å²) in [4.78, 5) is 13.9. The fourth-order valence-electron chi connectivity index (χ4n) is 2.05. The van der Waals surface area contributed by atoms with Crippen molar-refractivity contribution < 1.29 is 9.53 Å². The molecule has 0 bridgehead atoms. The van der Waals surface area contributed by atoms with Gasteiger partial charge in [-0.3, -0.25) is 4.79 Å². The Labute approximate surface area is 92.0 Å². The molecule has 1 heterocycles. The van der Waals surface area contributed by atoms with Crippen molar-refractivity contribution >= 4 is 5.91 Å². The van der Waals surface area contributed by atoms with Crippen LogP contribution in [0.25, 0.3) is 0 Å². The molecule has 1 unspecified atom stereocenters. The van der Waals surface area contributed by atoms with E-state index < -0.39 is 0 Å². The van der Waals surface area contributed by atoms with E-state index >= 15 is 0 Å². The number of nitrogens with one attached hydrogen (secondary N) is 1. The summed E-state index contributed by atoms with van der Waals surface area (Å²) in [6, 6.07) is 0.407. The van der Waals surface area contributed by atoms with Crippen LogP contribution in [-0.2, 0) is 9.53 Å². The van der Waals surface area contributed by atoms with Gasteiger partial charge < -0.3 is 15.0 Å². The minimum atomic E-state index is 0.267. The summed E-state index contributed by atoms with van der Waals surface area (Å²) in [5.41, 5.74) is 0. The molecule has 1 atom stereocenters. The fourth-order valence-corrected chi connectivity index (χ4v) is 2.05. The van der Waals surface area contributed by atoms with E-state index in [-0.39, 0.29) is 5.91 Å². The van der Waals surface area contributed by atoms with Crippen LogP contribution in [0.3, 0.4) is 0 Å². The zero-order valence-electron chi connectivity index (χ0n) is 9.79. The predicted molar refractivity (Wildman–Crippen MR) is 59.8 cm³/mol. The van der Waals surface area contributed by atoms with Crippen LogP contribution in [-0.4, -0.2) is 50.2 Å². The Kier molecular flexibility index (Phi) is 5.65. The molecule has 4 heteroatoms. The van der Waals surface area contributed by atoms with Crippen molar-refractivity contribution in [1.29, 1.82) is 0 Å². The van der Waals surface area contributed by atoms with Gasteiger partial charge in [0, 0.05) is 39.3 Å². The maximum absolute atomic E-state index is 11.9. The van der Waals surface area contributed by atoms with E-state index in [9.17, 15) is 4.79 Å². The fraction of sp³-hybridized carbons (Fsp3) is 0.909. The Morgan fingerprint density at radius 2 is 2.40 bits per heavy atom. The van der Waals surface area contributed by atoms with Gasteiger partial charge in [-0.25, -0.2) is 0 Å². The third-order valence-corrected chi connectivity index (χ3v) is 2.88. The quantitative estimate of drug-likeness (QED) is 0.659. The SMILES string of the molecule is CCN(C(=O)CCCOC)C1CCNC1. The molecule has 0 spiro atoms. The minimum Gasteiger partial charge on any atom is -0.385 e. The average molecular weight is 214 g/mol. The van der Waals surface area contributed by atoms with Crippen LogP contribution < -0.4 is 5.32 Å². The summed E-state index contributed by atoms with van der Waals surface area (Å²) in [5.74, 6) is 0.267. The first-order chi connectivity index (χ1) is 7.29. The maximum atomic E-state index is 11.9. The van der Waals surface area contributed by atoms with E-state index in [2.05, 4.69) is 5.32 Å². The molecule has 0 aromatic heterocycles. The van der Waals surface area contributed by atoms with Crippen molar-refractivity contribution in [2.75, 3.05) is 33.4 Å². The normalized spacial score (nSPS) is 20.5. The van der Waals surface area contributed by atoms with Gasteiger partial charge in [0.25, 0.3) is 0 Å². The lowest BCUT2D eigenvalue weighted by atomic mass is 10.2. The first-order valence-corrected chi connectivity index (χ1v) is 5.78. The Bertz CT molecular complexity index is 191. The number of ether oxygens (including phenoxy) is 1. The van der Waals surface area contributed by atoms with Crippen molar-refractivity contribution in [2.24, 2.45) is 0 Å². The Morgan fingerprint density at radius 1 is 1.60 bits per heavy atom. The molecular weight excluding hydrogens is 192 g/mol. The third-order valence-electron chi connectivity index (χ3n) is 2.88. The summed E-state index contributed by atoms with van der Waals surface area (Å²) in [7, 11) is 1.67. The van der Waals surface area contributed by atoms with E-state index in [0.717, 1.165) is 32.5 Å². The molecule has 1 N–H and O–H groups in total. The highest BCUT2D eigenvalue weighted by molar-refractivity contribution is 5.76. The van der Waals surface area contributed by atoms with Gasteiger partial charge in [0.15, 0.2) is 0 Å². The van der Waals surface area contributed by atoms with Crippen LogP contribution >= 0.6 is 0 Å². The number of carbonyl (C=O) groups is 1. The lowest BCUT2D eigenvalue weighted by Gasteiger charge is -2.27. The molecule has 0 aromatic rings. The second-order valence-corrected chi connectivity index (χ2v) is 3.92. The van der Waals surface area contributed by atoms with E-state index in [0.29, 0.717) is 19.1 Å². The molecular formula is C11H22N2O2. The van der Waals surface area contributed by atoms with Crippen molar-refractivity contribution in [3.63, 3.8) is 0 Å². The molecule has 0 saturated carbocycles. The number of amides is 1. The smallest absolute Gasteiger partial charge is 0.222 e. The third kappa shape index (κ3) is 3.80. The summed E-state index contributed by atoms with van der Waals surface area (Å²) in [5, 5.41) is 3.29. The van der Waals surface area contributed by atoms with Gasteiger partial charge >= 0.3 is 0 Å². The van der Waals surface area contributed by atoms with Gasteiger partial charge in [0.05, 0.1) is 0 Å². The lowest BCUT2D eigenvalue weighted by molar-refractivity contribution is -0.133. The van der Waals surface area contributed by atoms with Gasteiger partial charge in [0.2, 0.25) is 5.91 Å². The molecule has 1 rings (SSSR count). The maximum Gasteiger partial charge on any atom is 0.222 e. The summed E-state index contributed by atoms with van der Waals surface area (Å²) in [6.45, 7) is 5.52. The number of carbonyl (C=O) groups excluding carboxylic acids is 1. The molecule has 4 nitrogen and oxygen atoms in total. The molecule has 0 radical (unpaired) electrons. The van der Waals surface area contributed by atoms with Crippen LogP contribution in [0.4, 0.5) is 0 Å². The number of hydrogen-bond acceptors (Lipinski definition) is 3. The van der Waals surface area contributed by atoms with Crippen LogP contribution in [0.2, 0.25) is 0 Å². The van der Waals surface area contributed by atoms with Gasteiger partial charge in [-0.2, -0.15) is 0 Å². The summed E-state index contributed by atoms with van der Waals surface area (Å²) >= 11 is 0. The van der Waals surface area contributed by atoms with E-state index in [1.807, 2.05) is 11.8 Å². The molecule has 15 heavy (non-hydrogen) atoms. The van der Waals surface area contributed by atoms with Crippen LogP contribution in [0.1, 0.15) is 26.2 Å². The number of hydrogen-bond donors (Lipinski definition) is 1. The molecule has 0 aliphatic carbocycles. The molecule has 1 aliphatic rings. The largest absolute Gasteiger partial charge is 0.385 e. The second-order valence-electron chi connectivity index (χ2n) is 3.92. The molecule has 1 fully saturated rings. The minimum absolute atomic E-state index is 0.267. The van der Waals surface area contributed by atoms with E-state index in [1.54, 1.807) is 7.11 Å². The van der Waals surface area contributed by atoms with Crippen molar-refractivity contribution in [3.8, 4) is 0 Å². The zero-order chi connectivity index (χ0) is 11.1. The Morgan fingerprint density at radius 3 is 2.93 bits per heavy atom. The Balaban J connectivity index is 2.32. The second kappa shape index (κ2) is 6.80. The number of rotatable bonds is 6. The molecule has 0 aromatic carbocycles. The molecule has 1 saturated heterocycles. The Hall–Kier alpha value is -0.610. The zero-order valence-corrected chi connectivity index (χ0v) is 9.79. The van der Waals surface area contributed by atoms with Gasteiger partial charge in [-0.15, -0.1) is 0 Å². The first-order valence-electron chi connectivity index (χ1n) is 5.78. The van der Waals surface area contributed by atoms with E-state index in [4.69, 9.17) is 4.74 Å². The molecule has 1 aliphatic heterocycles. The van der Waals surface area contributed by atoms with Crippen LogP contribution in [0.5, 0.6) is 0 Å². The highest BCUT2D eigenvalue weighted by Crippen LogP contribution is 2.10.